The smallest absolute Gasteiger partial charge is 0.131 e. The van der Waals surface area contributed by atoms with Crippen LogP contribution in [0.25, 0.3) is 11.1 Å². The third-order valence-electron chi connectivity index (χ3n) is 3.02. The molecule has 2 rings (SSSR count). The van der Waals surface area contributed by atoms with Gasteiger partial charge < -0.3 is 5.73 Å². The summed E-state index contributed by atoms with van der Waals surface area (Å²) in [6.07, 6.45) is 0.893. The van der Waals surface area contributed by atoms with Crippen LogP contribution in [0, 0.1) is 5.82 Å². The Bertz CT molecular complexity index is 537. The van der Waals surface area contributed by atoms with Gasteiger partial charge in [0.05, 0.1) is 0 Å². The lowest BCUT2D eigenvalue weighted by Gasteiger charge is -2.10. The van der Waals surface area contributed by atoms with Gasteiger partial charge in [0.2, 0.25) is 0 Å². The maximum Gasteiger partial charge on any atom is 0.131 e. The third kappa shape index (κ3) is 2.79. The maximum atomic E-state index is 13.7. The van der Waals surface area contributed by atoms with E-state index in [-0.39, 0.29) is 11.9 Å². The van der Waals surface area contributed by atoms with E-state index in [0.29, 0.717) is 5.56 Å². The number of benzene rings is 2. The predicted molar refractivity (Wildman–Crippen MR) is 76.8 cm³/mol. The van der Waals surface area contributed by atoms with Crippen molar-refractivity contribution in [2.24, 2.45) is 5.73 Å². The first kappa shape index (κ1) is 13.2. The topological polar surface area (TPSA) is 26.0 Å². The maximum absolute atomic E-state index is 13.7. The lowest BCUT2D eigenvalue weighted by Crippen LogP contribution is -2.08. The fourth-order valence-corrected chi connectivity index (χ4v) is 2.23. The molecule has 0 heterocycles. The highest BCUT2D eigenvalue weighted by atomic mass is 79.9. The van der Waals surface area contributed by atoms with Crippen LogP contribution in [-0.4, -0.2) is 0 Å². The summed E-state index contributed by atoms with van der Waals surface area (Å²) < 4.78 is 14.6. The zero-order chi connectivity index (χ0) is 13.1. The predicted octanol–water partition coefficient (Wildman–Crippen LogP) is 4.67. The van der Waals surface area contributed by atoms with Crippen molar-refractivity contribution in [1.82, 2.24) is 0 Å². The molecule has 18 heavy (non-hydrogen) atoms. The molecule has 2 aromatic carbocycles. The van der Waals surface area contributed by atoms with Crippen molar-refractivity contribution < 1.29 is 4.39 Å². The Morgan fingerprint density at radius 3 is 2.44 bits per heavy atom. The minimum absolute atomic E-state index is 0.0476. The van der Waals surface area contributed by atoms with Crippen LogP contribution in [0.15, 0.2) is 46.9 Å². The van der Waals surface area contributed by atoms with Crippen molar-refractivity contribution >= 4 is 15.9 Å². The van der Waals surface area contributed by atoms with Gasteiger partial charge in [-0.2, -0.15) is 0 Å². The van der Waals surface area contributed by atoms with Gasteiger partial charge in [-0.05, 0) is 35.7 Å². The van der Waals surface area contributed by atoms with E-state index in [4.69, 9.17) is 5.73 Å². The number of rotatable bonds is 3. The first-order chi connectivity index (χ1) is 8.61. The molecule has 1 nitrogen and oxygen atoms in total. The largest absolute Gasteiger partial charge is 0.324 e. The van der Waals surface area contributed by atoms with E-state index in [9.17, 15) is 4.39 Å². The first-order valence-electron chi connectivity index (χ1n) is 5.92. The summed E-state index contributed by atoms with van der Waals surface area (Å²) in [5, 5.41) is 0. The van der Waals surface area contributed by atoms with Gasteiger partial charge >= 0.3 is 0 Å². The number of hydrogen-bond acceptors (Lipinski definition) is 1. The van der Waals surface area contributed by atoms with Gasteiger partial charge in [0, 0.05) is 16.1 Å². The van der Waals surface area contributed by atoms with Gasteiger partial charge in [-0.25, -0.2) is 4.39 Å². The second kappa shape index (κ2) is 5.63. The standard InChI is InChI=1S/C15H15BrFN/c1-2-15(18)11-5-3-10(4-6-11)13-9-12(16)7-8-14(13)17/h3-9,15H,2,18H2,1H3. The molecule has 0 amide bonds. The quantitative estimate of drug-likeness (QED) is 0.876. The van der Waals surface area contributed by atoms with Crippen LogP contribution >= 0.6 is 15.9 Å². The van der Waals surface area contributed by atoms with Crippen LogP contribution < -0.4 is 5.73 Å². The molecule has 0 aliphatic heterocycles. The van der Waals surface area contributed by atoms with Crippen molar-refractivity contribution in [3.8, 4) is 11.1 Å². The van der Waals surface area contributed by atoms with E-state index < -0.39 is 0 Å². The molecule has 0 aliphatic carbocycles. The van der Waals surface area contributed by atoms with E-state index in [0.717, 1.165) is 22.0 Å². The third-order valence-corrected chi connectivity index (χ3v) is 3.51. The molecule has 94 valence electrons. The lowest BCUT2D eigenvalue weighted by molar-refractivity contribution is 0.631. The highest BCUT2D eigenvalue weighted by molar-refractivity contribution is 9.10. The summed E-state index contributed by atoms with van der Waals surface area (Å²) >= 11 is 3.36. The molecule has 2 aromatic rings. The van der Waals surface area contributed by atoms with Crippen LogP contribution in [0.3, 0.4) is 0 Å². The van der Waals surface area contributed by atoms with Crippen molar-refractivity contribution in [2.45, 2.75) is 19.4 Å². The van der Waals surface area contributed by atoms with Crippen LogP contribution in [0.5, 0.6) is 0 Å². The average Bonchev–Trinajstić information content (AvgIpc) is 2.41. The van der Waals surface area contributed by atoms with Gasteiger partial charge in [0.15, 0.2) is 0 Å². The molecule has 3 heteroatoms. The van der Waals surface area contributed by atoms with Crippen molar-refractivity contribution in [3.63, 3.8) is 0 Å². The molecule has 0 radical (unpaired) electrons. The SMILES string of the molecule is CCC(N)c1ccc(-c2cc(Br)ccc2F)cc1. The molecule has 0 aliphatic rings. The molecule has 0 aromatic heterocycles. The highest BCUT2D eigenvalue weighted by Crippen LogP contribution is 2.27. The zero-order valence-electron chi connectivity index (χ0n) is 10.2. The van der Waals surface area contributed by atoms with Crippen LogP contribution in [0.2, 0.25) is 0 Å². The monoisotopic (exact) mass is 307 g/mol. The molecule has 2 N–H and O–H groups in total. The Kier molecular flexibility index (Phi) is 4.15. The minimum atomic E-state index is -0.217. The molecule has 0 fully saturated rings. The molecular weight excluding hydrogens is 293 g/mol. The highest BCUT2D eigenvalue weighted by Gasteiger charge is 2.07. The normalized spacial score (nSPS) is 12.4. The van der Waals surface area contributed by atoms with Crippen molar-refractivity contribution in [2.75, 3.05) is 0 Å². The Morgan fingerprint density at radius 2 is 1.83 bits per heavy atom. The number of hydrogen-bond donors (Lipinski definition) is 1. The fourth-order valence-electron chi connectivity index (χ4n) is 1.86. The fraction of sp³-hybridized carbons (Fsp3) is 0.200. The van der Waals surface area contributed by atoms with Crippen LogP contribution in [0.4, 0.5) is 4.39 Å². The number of halogens is 2. The van der Waals surface area contributed by atoms with Gasteiger partial charge in [-0.15, -0.1) is 0 Å². The second-order valence-corrected chi connectivity index (χ2v) is 5.18. The molecule has 0 saturated carbocycles. The molecule has 1 atom stereocenters. The summed E-state index contributed by atoms with van der Waals surface area (Å²) in [7, 11) is 0. The van der Waals surface area contributed by atoms with E-state index in [2.05, 4.69) is 15.9 Å². The van der Waals surface area contributed by atoms with Gasteiger partial charge in [0.1, 0.15) is 5.82 Å². The summed E-state index contributed by atoms with van der Waals surface area (Å²) in [5.41, 5.74) is 8.50. The van der Waals surface area contributed by atoms with E-state index in [1.54, 1.807) is 12.1 Å². The summed E-state index contributed by atoms with van der Waals surface area (Å²) in [4.78, 5) is 0. The number of nitrogens with two attached hydrogens (primary N) is 1. The van der Waals surface area contributed by atoms with E-state index >= 15 is 0 Å². The minimum Gasteiger partial charge on any atom is -0.324 e. The van der Waals surface area contributed by atoms with E-state index in [1.807, 2.05) is 31.2 Å². The Hall–Kier alpha value is -1.19. The second-order valence-electron chi connectivity index (χ2n) is 4.26. The summed E-state index contributed by atoms with van der Waals surface area (Å²) in [6, 6.07) is 12.7. The molecule has 0 spiro atoms. The molecule has 0 saturated heterocycles. The Balaban J connectivity index is 2.37. The van der Waals surface area contributed by atoms with Crippen molar-refractivity contribution in [1.29, 1.82) is 0 Å². The molecule has 0 bridgehead atoms. The average molecular weight is 308 g/mol. The Morgan fingerprint density at radius 1 is 1.17 bits per heavy atom. The zero-order valence-corrected chi connectivity index (χ0v) is 11.7. The Labute approximate surface area is 115 Å². The lowest BCUT2D eigenvalue weighted by atomic mass is 10.00. The van der Waals surface area contributed by atoms with Crippen LogP contribution in [0.1, 0.15) is 24.9 Å². The van der Waals surface area contributed by atoms with Crippen molar-refractivity contribution in [3.05, 3.63) is 58.3 Å². The van der Waals surface area contributed by atoms with Crippen LogP contribution in [-0.2, 0) is 0 Å². The van der Waals surface area contributed by atoms with Gasteiger partial charge in [-0.1, -0.05) is 47.1 Å². The molecular formula is C15H15BrFN. The van der Waals surface area contributed by atoms with E-state index in [1.165, 1.54) is 6.07 Å². The molecule has 1 unspecified atom stereocenters. The first-order valence-corrected chi connectivity index (χ1v) is 6.72. The summed E-state index contributed by atoms with van der Waals surface area (Å²) in [6.45, 7) is 2.05. The summed E-state index contributed by atoms with van der Waals surface area (Å²) in [5.74, 6) is -0.217. The van der Waals surface area contributed by atoms with Gasteiger partial charge in [-0.3, -0.25) is 0 Å². The van der Waals surface area contributed by atoms with Gasteiger partial charge in [0.25, 0.3) is 0 Å².